The number of urea groups is 1. The van der Waals surface area contributed by atoms with Crippen molar-refractivity contribution in [3.05, 3.63) is 30.2 Å². The first kappa shape index (κ1) is 17.4. The van der Waals surface area contributed by atoms with E-state index in [9.17, 15) is 4.79 Å². The first-order valence-electron chi connectivity index (χ1n) is 8.60. The van der Waals surface area contributed by atoms with Gasteiger partial charge in [0.05, 0.1) is 6.10 Å². The smallest absolute Gasteiger partial charge is 0.319 e. The second-order valence-electron chi connectivity index (χ2n) is 6.67. The summed E-state index contributed by atoms with van der Waals surface area (Å²) in [5, 5.41) is 13.6. The van der Waals surface area contributed by atoms with Crippen LogP contribution in [0.5, 0.6) is 0 Å². The summed E-state index contributed by atoms with van der Waals surface area (Å²) in [6.07, 6.45) is 1.21. The molecule has 7 heteroatoms. The molecule has 2 amide bonds. The molecule has 0 unspecified atom stereocenters. The molecule has 1 aromatic heterocycles. The summed E-state index contributed by atoms with van der Waals surface area (Å²) in [5.41, 5.74) is 1.52. The first-order valence-corrected chi connectivity index (χ1v) is 8.60. The van der Waals surface area contributed by atoms with Crippen LogP contribution in [0.25, 0.3) is 11.5 Å². The van der Waals surface area contributed by atoms with Crippen molar-refractivity contribution in [2.45, 2.75) is 33.3 Å². The number of rotatable bonds is 5. The van der Waals surface area contributed by atoms with Gasteiger partial charge in [-0.3, -0.25) is 0 Å². The molecule has 0 bridgehead atoms. The molecule has 134 valence electrons. The molecule has 25 heavy (non-hydrogen) atoms. The van der Waals surface area contributed by atoms with E-state index in [0.717, 1.165) is 18.6 Å². The van der Waals surface area contributed by atoms with Gasteiger partial charge >= 0.3 is 6.03 Å². The van der Waals surface area contributed by atoms with E-state index in [4.69, 9.17) is 9.15 Å². The summed E-state index contributed by atoms with van der Waals surface area (Å²) in [4.78, 5) is 12.1. The van der Waals surface area contributed by atoms with Gasteiger partial charge in [0, 0.05) is 37.2 Å². The van der Waals surface area contributed by atoms with Crippen LogP contribution in [0.4, 0.5) is 10.5 Å². The molecule has 7 nitrogen and oxygen atoms in total. The van der Waals surface area contributed by atoms with Gasteiger partial charge in [-0.1, -0.05) is 13.8 Å². The van der Waals surface area contributed by atoms with Gasteiger partial charge in [-0.2, -0.15) is 0 Å². The van der Waals surface area contributed by atoms with Crippen molar-refractivity contribution in [3.63, 3.8) is 0 Å². The van der Waals surface area contributed by atoms with Crippen LogP contribution in [0.1, 0.15) is 26.2 Å². The number of aryl methyl sites for hydroxylation is 1. The van der Waals surface area contributed by atoms with Crippen molar-refractivity contribution in [2.75, 3.05) is 18.5 Å². The zero-order valence-electron chi connectivity index (χ0n) is 14.8. The fourth-order valence-electron chi connectivity index (χ4n) is 3.12. The van der Waals surface area contributed by atoms with Crippen LogP contribution >= 0.6 is 0 Å². The minimum atomic E-state index is -0.212. The Balaban J connectivity index is 1.51. The number of benzene rings is 1. The number of hydrogen-bond acceptors (Lipinski definition) is 5. The summed E-state index contributed by atoms with van der Waals surface area (Å²) in [7, 11) is 0. The molecule has 2 atom stereocenters. The second kappa shape index (κ2) is 7.65. The third kappa shape index (κ3) is 4.36. The van der Waals surface area contributed by atoms with Gasteiger partial charge in [0.25, 0.3) is 0 Å². The molecule has 1 aliphatic heterocycles. The number of aromatic nitrogens is 2. The van der Waals surface area contributed by atoms with Crippen LogP contribution in [-0.2, 0) is 4.74 Å². The number of ether oxygens (including phenoxy) is 1. The topological polar surface area (TPSA) is 89.3 Å². The molecular weight excluding hydrogens is 320 g/mol. The largest absolute Gasteiger partial charge is 0.421 e. The maximum absolute atomic E-state index is 12.1. The highest BCUT2D eigenvalue weighted by atomic mass is 16.5. The maximum atomic E-state index is 12.1. The Morgan fingerprint density at radius 1 is 1.28 bits per heavy atom. The first-order chi connectivity index (χ1) is 12.0. The lowest BCUT2D eigenvalue weighted by molar-refractivity contribution is 0.0546. The van der Waals surface area contributed by atoms with Gasteiger partial charge in [-0.25, -0.2) is 4.79 Å². The predicted octanol–water partition coefficient (Wildman–Crippen LogP) is 3.23. The average Bonchev–Trinajstić information content (AvgIpc) is 3.22. The van der Waals surface area contributed by atoms with Gasteiger partial charge < -0.3 is 19.8 Å². The summed E-state index contributed by atoms with van der Waals surface area (Å²) in [6.45, 7) is 7.43. The average molecular weight is 344 g/mol. The minimum Gasteiger partial charge on any atom is -0.421 e. The molecule has 2 aromatic rings. The van der Waals surface area contributed by atoms with Crippen LogP contribution in [0.3, 0.4) is 0 Å². The van der Waals surface area contributed by atoms with E-state index >= 15 is 0 Å². The highest BCUT2D eigenvalue weighted by Crippen LogP contribution is 2.26. The fourth-order valence-corrected chi connectivity index (χ4v) is 3.12. The molecule has 1 saturated heterocycles. The Labute approximate surface area is 147 Å². The number of carbonyl (C=O) groups is 1. The monoisotopic (exact) mass is 344 g/mol. The van der Waals surface area contributed by atoms with Crippen molar-refractivity contribution in [1.82, 2.24) is 15.5 Å². The Bertz CT molecular complexity index is 711. The predicted molar refractivity (Wildman–Crippen MR) is 94.2 cm³/mol. The van der Waals surface area contributed by atoms with Gasteiger partial charge in [-0.05, 0) is 36.6 Å². The summed E-state index contributed by atoms with van der Waals surface area (Å²) in [6, 6.07) is 7.08. The standard InChI is InChI=1S/C18H24N4O3/c1-11(2)16-14(8-9-24-16)10-19-18(23)20-15-6-4-13(5-7-15)17-22-21-12(3)25-17/h4-7,11,14,16H,8-10H2,1-3H3,(H2,19,20,23)/t14-,16-/m0/s1. The van der Waals surface area contributed by atoms with E-state index in [1.165, 1.54) is 0 Å². The van der Waals surface area contributed by atoms with Crippen molar-refractivity contribution in [2.24, 2.45) is 11.8 Å². The van der Waals surface area contributed by atoms with E-state index in [1.54, 1.807) is 6.92 Å². The normalized spacial score (nSPS) is 20.0. The van der Waals surface area contributed by atoms with Crippen LogP contribution in [0.15, 0.2) is 28.7 Å². The van der Waals surface area contributed by atoms with E-state index < -0.39 is 0 Å². The highest BCUT2D eigenvalue weighted by Gasteiger charge is 2.30. The van der Waals surface area contributed by atoms with Crippen molar-refractivity contribution < 1.29 is 13.9 Å². The Morgan fingerprint density at radius 3 is 2.68 bits per heavy atom. The molecule has 1 aliphatic rings. The molecule has 0 aliphatic carbocycles. The molecule has 1 aromatic carbocycles. The SMILES string of the molecule is Cc1nnc(-c2ccc(NC(=O)NC[C@@H]3CCO[C@H]3C(C)C)cc2)o1. The molecule has 2 heterocycles. The lowest BCUT2D eigenvalue weighted by atomic mass is 9.93. The van der Waals surface area contributed by atoms with Gasteiger partial charge in [-0.15, -0.1) is 10.2 Å². The zero-order chi connectivity index (χ0) is 17.8. The van der Waals surface area contributed by atoms with Gasteiger partial charge in [0.1, 0.15) is 0 Å². The Kier molecular flexibility index (Phi) is 5.33. The quantitative estimate of drug-likeness (QED) is 0.869. The number of nitrogens with one attached hydrogen (secondary N) is 2. The second-order valence-corrected chi connectivity index (χ2v) is 6.67. The number of nitrogens with zero attached hydrogens (tertiary/aromatic N) is 2. The molecular formula is C18H24N4O3. The Morgan fingerprint density at radius 2 is 2.04 bits per heavy atom. The van der Waals surface area contributed by atoms with Crippen LogP contribution < -0.4 is 10.6 Å². The van der Waals surface area contributed by atoms with Crippen LogP contribution in [0.2, 0.25) is 0 Å². The maximum Gasteiger partial charge on any atom is 0.319 e. The zero-order valence-corrected chi connectivity index (χ0v) is 14.8. The van der Waals surface area contributed by atoms with Crippen molar-refractivity contribution in [3.8, 4) is 11.5 Å². The molecule has 0 saturated carbocycles. The van der Waals surface area contributed by atoms with Crippen molar-refractivity contribution in [1.29, 1.82) is 0 Å². The summed E-state index contributed by atoms with van der Waals surface area (Å²) in [5.74, 6) is 1.81. The number of anilines is 1. The van der Waals surface area contributed by atoms with E-state index in [2.05, 4.69) is 34.7 Å². The third-order valence-electron chi connectivity index (χ3n) is 4.36. The molecule has 2 N–H and O–H groups in total. The molecule has 3 rings (SSSR count). The Hall–Kier alpha value is -2.41. The summed E-state index contributed by atoms with van der Waals surface area (Å²) >= 11 is 0. The van der Waals surface area contributed by atoms with E-state index in [1.807, 2.05) is 24.3 Å². The van der Waals surface area contributed by atoms with Crippen molar-refractivity contribution >= 4 is 11.7 Å². The molecule has 0 radical (unpaired) electrons. The van der Waals surface area contributed by atoms with Crippen LogP contribution in [-0.4, -0.2) is 35.5 Å². The van der Waals surface area contributed by atoms with Crippen LogP contribution in [0, 0.1) is 18.8 Å². The fraction of sp³-hybridized carbons (Fsp3) is 0.500. The minimum absolute atomic E-state index is 0.212. The highest BCUT2D eigenvalue weighted by molar-refractivity contribution is 5.89. The molecule has 0 spiro atoms. The summed E-state index contributed by atoms with van der Waals surface area (Å²) < 4.78 is 11.1. The van der Waals surface area contributed by atoms with Gasteiger partial charge in [0.15, 0.2) is 0 Å². The van der Waals surface area contributed by atoms with Gasteiger partial charge in [0.2, 0.25) is 11.8 Å². The lowest BCUT2D eigenvalue weighted by Crippen LogP contribution is -2.37. The lowest BCUT2D eigenvalue weighted by Gasteiger charge is -2.22. The molecule has 1 fully saturated rings. The van der Waals surface area contributed by atoms with E-state index in [0.29, 0.717) is 35.8 Å². The third-order valence-corrected chi connectivity index (χ3v) is 4.36. The number of amides is 2. The van der Waals surface area contributed by atoms with E-state index in [-0.39, 0.29) is 12.1 Å². The number of hydrogen-bond donors (Lipinski definition) is 2. The number of carbonyl (C=O) groups excluding carboxylic acids is 1.